The Morgan fingerprint density at radius 2 is 2.06 bits per heavy atom. The summed E-state index contributed by atoms with van der Waals surface area (Å²) < 4.78 is 6.74. The monoisotopic (exact) mass is 309 g/mol. The normalized spacial score (nSPS) is 11.2. The lowest BCUT2D eigenvalue weighted by molar-refractivity contribution is 0.287. The standard InChI is InChI=1S/C14H16BrNO2/c1-9(2)13-12(7-8-17)18-14(16-13)10-5-3-4-6-11(10)15/h3-6,9,17H,7-8H2,1-2H3. The molecule has 96 valence electrons. The van der Waals surface area contributed by atoms with E-state index in [0.717, 1.165) is 21.5 Å². The Labute approximate surface area is 115 Å². The van der Waals surface area contributed by atoms with Crippen LogP contribution in [0, 0.1) is 0 Å². The van der Waals surface area contributed by atoms with Gasteiger partial charge >= 0.3 is 0 Å². The van der Waals surface area contributed by atoms with Gasteiger partial charge in [0.1, 0.15) is 5.76 Å². The van der Waals surface area contributed by atoms with E-state index in [4.69, 9.17) is 9.52 Å². The topological polar surface area (TPSA) is 46.3 Å². The molecule has 0 aliphatic heterocycles. The highest BCUT2D eigenvalue weighted by Crippen LogP contribution is 2.31. The lowest BCUT2D eigenvalue weighted by Crippen LogP contribution is -1.96. The molecule has 0 bridgehead atoms. The largest absolute Gasteiger partial charge is 0.441 e. The van der Waals surface area contributed by atoms with Gasteiger partial charge in [-0.2, -0.15) is 0 Å². The lowest BCUT2D eigenvalue weighted by atomic mass is 10.1. The molecular formula is C14H16BrNO2. The number of aliphatic hydroxyl groups is 1. The van der Waals surface area contributed by atoms with Crippen LogP contribution in [0.2, 0.25) is 0 Å². The minimum absolute atomic E-state index is 0.0737. The molecule has 18 heavy (non-hydrogen) atoms. The molecule has 1 aromatic carbocycles. The summed E-state index contributed by atoms with van der Waals surface area (Å²) in [5.74, 6) is 1.67. The lowest BCUT2D eigenvalue weighted by Gasteiger charge is -2.00. The van der Waals surface area contributed by atoms with Crippen LogP contribution < -0.4 is 0 Å². The second-order valence-electron chi connectivity index (χ2n) is 4.44. The zero-order chi connectivity index (χ0) is 13.1. The molecule has 2 aromatic rings. The number of hydrogen-bond acceptors (Lipinski definition) is 3. The van der Waals surface area contributed by atoms with Crippen molar-refractivity contribution in [3.05, 3.63) is 40.2 Å². The first-order valence-electron chi connectivity index (χ1n) is 5.98. The van der Waals surface area contributed by atoms with Crippen molar-refractivity contribution in [3.63, 3.8) is 0 Å². The average Bonchev–Trinajstić information content (AvgIpc) is 2.74. The van der Waals surface area contributed by atoms with E-state index in [1.807, 2.05) is 24.3 Å². The van der Waals surface area contributed by atoms with Crippen molar-refractivity contribution in [1.82, 2.24) is 4.98 Å². The van der Waals surface area contributed by atoms with Crippen molar-refractivity contribution in [2.45, 2.75) is 26.2 Å². The molecule has 1 heterocycles. The second kappa shape index (κ2) is 5.67. The van der Waals surface area contributed by atoms with Crippen molar-refractivity contribution in [2.24, 2.45) is 0 Å². The molecular weight excluding hydrogens is 294 g/mol. The molecule has 0 spiro atoms. The summed E-state index contributed by atoms with van der Waals surface area (Å²) >= 11 is 3.49. The van der Waals surface area contributed by atoms with E-state index in [1.165, 1.54) is 0 Å². The van der Waals surface area contributed by atoms with Gasteiger partial charge in [-0.3, -0.25) is 0 Å². The van der Waals surface area contributed by atoms with E-state index in [9.17, 15) is 0 Å². The van der Waals surface area contributed by atoms with Crippen LogP contribution in [0.4, 0.5) is 0 Å². The number of halogens is 1. The first-order valence-corrected chi connectivity index (χ1v) is 6.78. The van der Waals surface area contributed by atoms with Crippen LogP contribution in [-0.4, -0.2) is 16.7 Å². The Morgan fingerprint density at radius 3 is 2.67 bits per heavy atom. The van der Waals surface area contributed by atoms with E-state index in [0.29, 0.717) is 12.3 Å². The molecule has 0 amide bonds. The Kier molecular flexibility index (Phi) is 4.19. The zero-order valence-electron chi connectivity index (χ0n) is 10.5. The third-order valence-electron chi connectivity index (χ3n) is 2.72. The number of aromatic nitrogens is 1. The molecule has 1 aromatic heterocycles. The summed E-state index contributed by atoms with van der Waals surface area (Å²) in [6.45, 7) is 4.22. The van der Waals surface area contributed by atoms with E-state index < -0.39 is 0 Å². The molecule has 1 N–H and O–H groups in total. The first-order chi connectivity index (χ1) is 8.63. The van der Waals surface area contributed by atoms with E-state index in [-0.39, 0.29) is 12.5 Å². The quantitative estimate of drug-likeness (QED) is 0.935. The second-order valence-corrected chi connectivity index (χ2v) is 5.29. The number of nitrogens with zero attached hydrogens (tertiary/aromatic N) is 1. The van der Waals surface area contributed by atoms with Crippen molar-refractivity contribution < 1.29 is 9.52 Å². The molecule has 0 saturated carbocycles. The van der Waals surface area contributed by atoms with Gasteiger partial charge in [-0.1, -0.05) is 26.0 Å². The number of rotatable bonds is 4. The molecule has 3 nitrogen and oxygen atoms in total. The smallest absolute Gasteiger partial charge is 0.227 e. The molecule has 0 atom stereocenters. The van der Waals surface area contributed by atoms with Gasteiger partial charge in [0.2, 0.25) is 5.89 Å². The van der Waals surface area contributed by atoms with Gasteiger partial charge < -0.3 is 9.52 Å². The summed E-state index contributed by atoms with van der Waals surface area (Å²) in [5.41, 5.74) is 1.86. The average molecular weight is 310 g/mol. The van der Waals surface area contributed by atoms with Crippen LogP contribution in [-0.2, 0) is 6.42 Å². The molecule has 0 aliphatic rings. The molecule has 0 saturated heterocycles. The summed E-state index contributed by atoms with van der Waals surface area (Å²) in [7, 11) is 0. The van der Waals surface area contributed by atoms with Gasteiger partial charge in [0.05, 0.1) is 17.9 Å². The molecule has 0 aliphatic carbocycles. The Bertz CT molecular complexity index is 534. The summed E-state index contributed by atoms with van der Waals surface area (Å²) in [5, 5.41) is 9.06. The highest BCUT2D eigenvalue weighted by molar-refractivity contribution is 9.10. The number of oxazole rings is 1. The van der Waals surface area contributed by atoms with Crippen LogP contribution in [0.15, 0.2) is 33.2 Å². The summed E-state index contributed by atoms with van der Waals surface area (Å²) in [6, 6.07) is 7.82. The molecule has 0 unspecified atom stereocenters. The van der Waals surface area contributed by atoms with Gasteiger partial charge in [0.25, 0.3) is 0 Å². The highest BCUT2D eigenvalue weighted by Gasteiger charge is 2.17. The first kappa shape index (κ1) is 13.3. The minimum atomic E-state index is 0.0737. The summed E-state index contributed by atoms with van der Waals surface area (Å²) in [6.07, 6.45) is 0.505. The molecule has 0 radical (unpaired) electrons. The molecule has 4 heteroatoms. The SMILES string of the molecule is CC(C)c1nc(-c2ccccc2Br)oc1CCO. The zero-order valence-corrected chi connectivity index (χ0v) is 12.1. The van der Waals surface area contributed by atoms with Crippen LogP contribution >= 0.6 is 15.9 Å². The molecule has 2 rings (SSSR count). The maximum absolute atomic E-state index is 9.06. The Hall–Kier alpha value is -1.13. The number of hydrogen-bond donors (Lipinski definition) is 1. The Morgan fingerprint density at radius 1 is 1.33 bits per heavy atom. The van der Waals surface area contributed by atoms with Crippen LogP contribution in [0.1, 0.15) is 31.2 Å². The Balaban J connectivity index is 2.47. The fourth-order valence-electron chi connectivity index (χ4n) is 1.85. The minimum Gasteiger partial charge on any atom is -0.441 e. The van der Waals surface area contributed by atoms with Crippen molar-refractivity contribution >= 4 is 15.9 Å². The van der Waals surface area contributed by atoms with Gasteiger partial charge in [0.15, 0.2) is 0 Å². The van der Waals surface area contributed by atoms with E-state index >= 15 is 0 Å². The van der Waals surface area contributed by atoms with Crippen molar-refractivity contribution in [2.75, 3.05) is 6.61 Å². The maximum atomic E-state index is 9.06. The van der Waals surface area contributed by atoms with Crippen molar-refractivity contribution in [1.29, 1.82) is 0 Å². The highest BCUT2D eigenvalue weighted by atomic mass is 79.9. The third kappa shape index (κ3) is 2.65. The fourth-order valence-corrected chi connectivity index (χ4v) is 2.30. The number of benzene rings is 1. The maximum Gasteiger partial charge on any atom is 0.227 e. The van der Waals surface area contributed by atoms with Gasteiger partial charge in [-0.15, -0.1) is 0 Å². The third-order valence-corrected chi connectivity index (χ3v) is 3.41. The fraction of sp³-hybridized carbons (Fsp3) is 0.357. The number of aliphatic hydroxyl groups excluding tert-OH is 1. The predicted molar refractivity (Wildman–Crippen MR) is 74.5 cm³/mol. The van der Waals surface area contributed by atoms with E-state index in [2.05, 4.69) is 34.8 Å². The van der Waals surface area contributed by atoms with Crippen LogP contribution in [0.25, 0.3) is 11.5 Å². The van der Waals surface area contributed by atoms with Crippen molar-refractivity contribution in [3.8, 4) is 11.5 Å². The summed E-state index contributed by atoms with van der Waals surface area (Å²) in [4.78, 5) is 4.55. The van der Waals surface area contributed by atoms with E-state index in [1.54, 1.807) is 0 Å². The van der Waals surface area contributed by atoms with Gasteiger partial charge in [-0.05, 0) is 34.0 Å². The van der Waals surface area contributed by atoms with Gasteiger partial charge in [-0.25, -0.2) is 4.98 Å². The predicted octanol–water partition coefficient (Wildman–Crippen LogP) is 3.76. The molecule has 0 fully saturated rings. The van der Waals surface area contributed by atoms with Crippen LogP contribution in [0.3, 0.4) is 0 Å². The van der Waals surface area contributed by atoms with Gasteiger partial charge in [0, 0.05) is 10.9 Å². The van der Waals surface area contributed by atoms with Crippen LogP contribution in [0.5, 0.6) is 0 Å².